The van der Waals surface area contributed by atoms with Crippen molar-refractivity contribution in [3.8, 4) is 0 Å². The van der Waals surface area contributed by atoms with Gasteiger partial charge in [-0.2, -0.15) is 0 Å². The quantitative estimate of drug-likeness (QED) is 0.574. The molecule has 4 atom stereocenters. The van der Waals surface area contributed by atoms with Gasteiger partial charge in [-0.05, 0) is 75.5 Å². The Hall–Kier alpha value is -0.0800. The lowest BCUT2D eigenvalue weighted by atomic mass is 9.66. The summed E-state index contributed by atoms with van der Waals surface area (Å²) >= 11 is 0. The normalized spacial score (nSPS) is 45.8. The van der Waals surface area contributed by atoms with Gasteiger partial charge in [-0.1, -0.05) is 45.4 Å². The third-order valence-corrected chi connectivity index (χ3v) is 8.59. The average Bonchev–Trinajstić information content (AvgIpc) is 3.02. The molecule has 0 radical (unpaired) electrons. The minimum absolute atomic E-state index is 0.459. The van der Waals surface area contributed by atoms with Gasteiger partial charge in [0.15, 0.2) is 0 Å². The Balaban J connectivity index is 1.53. The minimum Gasteiger partial charge on any atom is -0.224 e. The fourth-order valence-electron chi connectivity index (χ4n) is 6.59. The zero-order chi connectivity index (χ0) is 16.6. The summed E-state index contributed by atoms with van der Waals surface area (Å²) in [5.74, 6) is 1.98. The predicted molar refractivity (Wildman–Crippen MR) is 102 cm³/mol. The van der Waals surface area contributed by atoms with Gasteiger partial charge >= 0.3 is 0 Å². The van der Waals surface area contributed by atoms with Crippen LogP contribution in [0, 0.1) is 17.3 Å². The first kappa shape index (κ1) is 17.3. The van der Waals surface area contributed by atoms with Crippen LogP contribution in [0.1, 0.15) is 104 Å². The Labute approximate surface area is 150 Å². The number of hydrogen-bond acceptors (Lipinski definition) is 2. The fourth-order valence-corrected chi connectivity index (χ4v) is 6.59. The molecule has 4 fully saturated rings. The van der Waals surface area contributed by atoms with E-state index in [4.69, 9.17) is 0 Å². The van der Waals surface area contributed by atoms with E-state index in [2.05, 4.69) is 23.9 Å². The second-order valence-corrected chi connectivity index (χ2v) is 10.1. The van der Waals surface area contributed by atoms with Crippen LogP contribution < -0.4 is 0 Å². The van der Waals surface area contributed by atoms with E-state index in [0.717, 1.165) is 11.8 Å². The Bertz CT molecular complexity index is 424. The average molecular weight is 333 g/mol. The molecule has 4 rings (SSSR count). The van der Waals surface area contributed by atoms with Crippen LogP contribution >= 0.6 is 0 Å². The van der Waals surface area contributed by atoms with Crippen LogP contribution in [0.25, 0.3) is 0 Å². The van der Waals surface area contributed by atoms with E-state index in [1.807, 2.05) is 0 Å². The van der Waals surface area contributed by atoms with Gasteiger partial charge in [0.1, 0.15) is 0 Å². The molecule has 4 unspecified atom stereocenters. The van der Waals surface area contributed by atoms with Gasteiger partial charge in [0.05, 0.1) is 6.67 Å². The lowest BCUT2D eigenvalue weighted by Crippen LogP contribution is -2.44. The van der Waals surface area contributed by atoms with Gasteiger partial charge in [0.25, 0.3) is 0 Å². The number of hydrazine groups is 1. The number of rotatable bonds is 2. The Kier molecular flexibility index (Phi) is 4.99. The van der Waals surface area contributed by atoms with Gasteiger partial charge in [-0.3, -0.25) is 0 Å². The summed E-state index contributed by atoms with van der Waals surface area (Å²) in [6.07, 6.45) is 20.7. The maximum Gasteiger partial charge on any atom is 0.0794 e. The molecule has 0 bridgehead atoms. The predicted octanol–water partition coefficient (Wildman–Crippen LogP) is 5.98. The molecule has 4 aliphatic rings. The molecular formula is C22H40N2. The summed E-state index contributed by atoms with van der Waals surface area (Å²) in [6.45, 7) is 7.89. The summed E-state index contributed by atoms with van der Waals surface area (Å²) in [6, 6.07) is 0. The molecule has 2 heterocycles. The maximum absolute atomic E-state index is 2.80. The topological polar surface area (TPSA) is 6.02 Å². The van der Waals surface area contributed by atoms with E-state index >= 15 is 0 Å². The summed E-state index contributed by atoms with van der Waals surface area (Å²) in [5, 5.41) is 5.47. The van der Waals surface area contributed by atoms with Gasteiger partial charge in [0, 0.05) is 12.1 Å². The second kappa shape index (κ2) is 6.91. The first-order chi connectivity index (χ1) is 11.6. The highest BCUT2D eigenvalue weighted by Gasteiger charge is 2.51. The number of hydrogen-bond donors (Lipinski definition) is 0. The van der Waals surface area contributed by atoms with Crippen molar-refractivity contribution in [1.29, 1.82) is 0 Å². The number of nitrogens with zero attached hydrogens (tertiary/aromatic N) is 2. The van der Waals surface area contributed by atoms with Crippen LogP contribution in [0.15, 0.2) is 0 Å². The lowest BCUT2D eigenvalue weighted by Gasteiger charge is -2.42. The van der Waals surface area contributed by atoms with Crippen molar-refractivity contribution < 1.29 is 0 Å². The van der Waals surface area contributed by atoms with Gasteiger partial charge in [0.2, 0.25) is 0 Å². The Morgan fingerprint density at radius 1 is 0.667 bits per heavy atom. The monoisotopic (exact) mass is 332 g/mol. The molecule has 24 heavy (non-hydrogen) atoms. The fraction of sp³-hybridized carbons (Fsp3) is 1.00. The van der Waals surface area contributed by atoms with Crippen molar-refractivity contribution in [1.82, 2.24) is 10.0 Å². The van der Waals surface area contributed by atoms with Crippen molar-refractivity contribution in [3.05, 3.63) is 0 Å². The lowest BCUT2D eigenvalue weighted by molar-refractivity contribution is 0.0485. The van der Waals surface area contributed by atoms with Gasteiger partial charge in [-0.15, -0.1) is 0 Å². The van der Waals surface area contributed by atoms with Gasteiger partial charge < -0.3 is 0 Å². The highest BCUT2D eigenvalue weighted by atomic mass is 15.8. The molecule has 2 saturated heterocycles. The SMILES string of the molecule is CC1(C2CCCC2)CCCCCN2CN2C(C)(C2CCCC2)CC1. The highest BCUT2D eigenvalue weighted by molar-refractivity contribution is 5.00. The van der Waals surface area contributed by atoms with Crippen LogP contribution in [0.2, 0.25) is 0 Å². The van der Waals surface area contributed by atoms with E-state index in [1.54, 1.807) is 0 Å². The van der Waals surface area contributed by atoms with E-state index in [0.29, 0.717) is 11.0 Å². The van der Waals surface area contributed by atoms with Gasteiger partial charge in [-0.25, -0.2) is 10.0 Å². The third-order valence-electron chi connectivity index (χ3n) is 8.59. The third kappa shape index (κ3) is 3.30. The minimum atomic E-state index is 0.459. The molecule has 0 aromatic heterocycles. The maximum atomic E-state index is 2.80. The van der Waals surface area contributed by atoms with Crippen molar-refractivity contribution in [2.24, 2.45) is 17.3 Å². The smallest absolute Gasteiger partial charge is 0.0794 e. The van der Waals surface area contributed by atoms with Crippen LogP contribution in [0.3, 0.4) is 0 Å². The molecule has 2 saturated carbocycles. The molecule has 2 aliphatic carbocycles. The molecule has 138 valence electrons. The molecule has 2 nitrogen and oxygen atoms in total. The molecule has 0 amide bonds. The van der Waals surface area contributed by atoms with Crippen molar-refractivity contribution >= 4 is 0 Å². The van der Waals surface area contributed by atoms with Crippen LogP contribution in [0.4, 0.5) is 0 Å². The second-order valence-electron chi connectivity index (χ2n) is 10.1. The van der Waals surface area contributed by atoms with E-state index < -0.39 is 0 Å². The molecular weight excluding hydrogens is 292 g/mol. The Morgan fingerprint density at radius 2 is 1.33 bits per heavy atom. The van der Waals surface area contributed by atoms with E-state index in [1.165, 1.54) is 103 Å². The molecule has 0 aromatic carbocycles. The summed E-state index contributed by atoms with van der Waals surface area (Å²) in [4.78, 5) is 0. The Morgan fingerprint density at radius 3 is 2.04 bits per heavy atom. The van der Waals surface area contributed by atoms with E-state index in [-0.39, 0.29) is 0 Å². The van der Waals surface area contributed by atoms with E-state index in [9.17, 15) is 0 Å². The van der Waals surface area contributed by atoms with Crippen molar-refractivity contribution in [3.63, 3.8) is 0 Å². The van der Waals surface area contributed by atoms with Crippen LogP contribution in [0.5, 0.6) is 0 Å². The largest absolute Gasteiger partial charge is 0.224 e. The van der Waals surface area contributed by atoms with Crippen molar-refractivity contribution in [2.45, 2.75) is 109 Å². The first-order valence-corrected chi connectivity index (χ1v) is 11.1. The van der Waals surface area contributed by atoms with Crippen molar-refractivity contribution in [2.75, 3.05) is 13.2 Å². The summed E-state index contributed by atoms with van der Waals surface area (Å²) < 4.78 is 0. The number of fused-ring (bicyclic) bond motifs is 1. The molecule has 2 heteroatoms. The molecule has 0 spiro atoms. The molecule has 0 N–H and O–H groups in total. The van der Waals surface area contributed by atoms with Crippen LogP contribution in [-0.4, -0.2) is 28.8 Å². The van der Waals surface area contributed by atoms with Crippen LogP contribution in [-0.2, 0) is 0 Å². The zero-order valence-electron chi connectivity index (χ0n) is 16.4. The zero-order valence-corrected chi connectivity index (χ0v) is 16.4. The highest BCUT2D eigenvalue weighted by Crippen LogP contribution is 2.51. The standard InChI is InChI=1S/C22H40N2/c1-21(19-10-4-5-11-19)14-8-3-9-17-23-18-24(23)22(2,16-15-21)20-12-6-7-13-20/h19-20H,3-18H2,1-2H3. The first-order valence-electron chi connectivity index (χ1n) is 11.1. The molecule has 2 aliphatic heterocycles. The molecule has 0 aromatic rings. The summed E-state index contributed by atoms with van der Waals surface area (Å²) in [7, 11) is 0. The summed E-state index contributed by atoms with van der Waals surface area (Å²) in [5.41, 5.74) is 1.09.